The highest BCUT2D eigenvalue weighted by molar-refractivity contribution is 6.16. The zero-order valence-corrected chi connectivity index (χ0v) is 17.8. The Morgan fingerprint density at radius 2 is 1.62 bits per heavy atom. The second-order valence-corrected chi connectivity index (χ2v) is 9.07. The Labute approximate surface area is 172 Å². The summed E-state index contributed by atoms with van der Waals surface area (Å²) in [5.41, 5.74) is 2.80. The molecule has 0 radical (unpaired) electrons. The van der Waals surface area contributed by atoms with E-state index in [1.807, 2.05) is 68.4 Å². The summed E-state index contributed by atoms with van der Waals surface area (Å²) < 4.78 is 0. The lowest BCUT2D eigenvalue weighted by atomic mass is 9.87. The van der Waals surface area contributed by atoms with Gasteiger partial charge < -0.3 is 5.11 Å². The lowest BCUT2D eigenvalue weighted by Gasteiger charge is -2.28. The normalized spacial score (nSPS) is 17.4. The topological polar surface area (TPSA) is 57.6 Å². The molecule has 0 saturated heterocycles. The third-order valence-electron chi connectivity index (χ3n) is 5.23. The maximum Gasteiger partial charge on any atom is 0.294 e. The molecule has 152 valence electrons. The third kappa shape index (κ3) is 4.12. The van der Waals surface area contributed by atoms with Crippen molar-refractivity contribution in [2.75, 3.05) is 4.90 Å². The molecule has 1 heterocycles. The van der Waals surface area contributed by atoms with Gasteiger partial charge in [-0.3, -0.25) is 14.5 Å². The van der Waals surface area contributed by atoms with E-state index in [1.165, 1.54) is 4.90 Å². The summed E-state index contributed by atoms with van der Waals surface area (Å²) in [5.74, 6) is -1.03. The predicted octanol–water partition coefficient (Wildman–Crippen LogP) is 5.50. The first-order valence-corrected chi connectivity index (χ1v) is 10.1. The highest BCUT2D eigenvalue weighted by Crippen LogP contribution is 2.42. The molecular formula is C25H29NO3. The van der Waals surface area contributed by atoms with Crippen LogP contribution in [0.25, 0.3) is 0 Å². The van der Waals surface area contributed by atoms with Gasteiger partial charge in [0.25, 0.3) is 5.91 Å². The van der Waals surface area contributed by atoms with Crippen LogP contribution in [0.2, 0.25) is 0 Å². The SMILES string of the molecule is CC(C)CC(=O)C1=C(O)C(=O)N(c2ccc(C(C)(C)C)cc2)C1c1ccccc1. The van der Waals surface area contributed by atoms with Gasteiger partial charge in [0.2, 0.25) is 0 Å². The predicted molar refractivity (Wildman–Crippen MR) is 116 cm³/mol. The lowest BCUT2D eigenvalue weighted by Crippen LogP contribution is -2.31. The summed E-state index contributed by atoms with van der Waals surface area (Å²) >= 11 is 0. The number of aliphatic hydroxyl groups is 1. The molecule has 1 unspecified atom stereocenters. The van der Waals surface area contributed by atoms with Gasteiger partial charge in [-0.1, -0.05) is 77.1 Å². The van der Waals surface area contributed by atoms with Crippen LogP contribution in [-0.2, 0) is 15.0 Å². The molecule has 2 aromatic rings. The van der Waals surface area contributed by atoms with E-state index in [-0.39, 0.29) is 29.1 Å². The maximum absolute atomic E-state index is 13.0. The van der Waals surface area contributed by atoms with Gasteiger partial charge in [-0.2, -0.15) is 0 Å². The second-order valence-electron chi connectivity index (χ2n) is 9.07. The largest absolute Gasteiger partial charge is 0.503 e. The number of amides is 1. The Bertz CT molecular complexity index is 934. The van der Waals surface area contributed by atoms with Crippen LogP contribution in [-0.4, -0.2) is 16.8 Å². The van der Waals surface area contributed by atoms with Crippen molar-refractivity contribution < 1.29 is 14.7 Å². The quantitative estimate of drug-likeness (QED) is 0.732. The fraction of sp³-hybridized carbons (Fsp3) is 0.360. The van der Waals surface area contributed by atoms with Crippen LogP contribution in [0.5, 0.6) is 0 Å². The molecule has 1 aliphatic heterocycles. The Balaban J connectivity index is 2.09. The number of aliphatic hydroxyl groups excluding tert-OH is 1. The van der Waals surface area contributed by atoms with Gasteiger partial charge in [0.15, 0.2) is 11.5 Å². The number of anilines is 1. The minimum atomic E-state index is -0.629. The summed E-state index contributed by atoms with van der Waals surface area (Å²) in [6.07, 6.45) is 0.285. The molecule has 29 heavy (non-hydrogen) atoms. The van der Waals surface area contributed by atoms with Crippen molar-refractivity contribution in [3.8, 4) is 0 Å². The van der Waals surface area contributed by atoms with E-state index in [0.29, 0.717) is 5.69 Å². The van der Waals surface area contributed by atoms with E-state index in [9.17, 15) is 14.7 Å². The number of hydrogen-bond donors (Lipinski definition) is 1. The molecule has 4 nitrogen and oxygen atoms in total. The number of hydrogen-bond acceptors (Lipinski definition) is 3. The maximum atomic E-state index is 13.0. The molecule has 1 aliphatic rings. The number of benzene rings is 2. The molecule has 0 aromatic heterocycles. The summed E-state index contributed by atoms with van der Waals surface area (Å²) in [5, 5.41) is 10.7. The zero-order chi connectivity index (χ0) is 21.3. The Kier molecular flexibility index (Phi) is 5.65. The van der Waals surface area contributed by atoms with Crippen LogP contribution in [0, 0.1) is 5.92 Å². The van der Waals surface area contributed by atoms with Crippen molar-refractivity contribution in [1.29, 1.82) is 0 Å². The number of nitrogens with zero attached hydrogens (tertiary/aromatic N) is 1. The fourth-order valence-corrected chi connectivity index (χ4v) is 3.71. The smallest absolute Gasteiger partial charge is 0.294 e. The van der Waals surface area contributed by atoms with Gasteiger partial charge in [-0.15, -0.1) is 0 Å². The Morgan fingerprint density at radius 3 is 2.14 bits per heavy atom. The van der Waals surface area contributed by atoms with Gasteiger partial charge in [-0.25, -0.2) is 0 Å². The first-order chi connectivity index (χ1) is 13.6. The van der Waals surface area contributed by atoms with Crippen LogP contribution in [0.4, 0.5) is 5.69 Å². The Morgan fingerprint density at radius 1 is 1.03 bits per heavy atom. The van der Waals surface area contributed by atoms with E-state index >= 15 is 0 Å². The van der Waals surface area contributed by atoms with Crippen molar-refractivity contribution in [1.82, 2.24) is 0 Å². The van der Waals surface area contributed by atoms with Crippen molar-refractivity contribution in [2.24, 2.45) is 5.92 Å². The highest BCUT2D eigenvalue weighted by atomic mass is 16.3. The summed E-state index contributed by atoms with van der Waals surface area (Å²) in [7, 11) is 0. The van der Waals surface area contributed by atoms with E-state index in [1.54, 1.807) is 0 Å². The van der Waals surface area contributed by atoms with Gasteiger partial charge in [0, 0.05) is 12.1 Å². The van der Waals surface area contributed by atoms with Crippen LogP contribution in [0.1, 0.15) is 58.2 Å². The van der Waals surface area contributed by atoms with Crippen molar-refractivity contribution >= 4 is 17.4 Å². The van der Waals surface area contributed by atoms with Gasteiger partial charge in [-0.05, 0) is 34.6 Å². The van der Waals surface area contributed by atoms with Crippen LogP contribution < -0.4 is 4.90 Å². The van der Waals surface area contributed by atoms with Gasteiger partial charge in [0.1, 0.15) is 0 Å². The molecule has 0 fully saturated rings. The minimum absolute atomic E-state index is 0.00877. The number of rotatable bonds is 5. The number of ketones is 1. The fourth-order valence-electron chi connectivity index (χ4n) is 3.71. The molecule has 1 amide bonds. The number of Topliss-reactive ketones (excluding diaryl/α,β-unsaturated/α-hetero) is 1. The first kappa shape index (κ1) is 20.8. The minimum Gasteiger partial charge on any atom is -0.503 e. The molecule has 0 spiro atoms. The molecule has 2 aromatic carbocycles. The number of carbonyl (C=O) groups excluding carboxylic acids is 2. The van der Waals surface area contributed by atoms with Gasteiger partial charge >= 0.3 is 0 Å². The van der Waals surface area contributed by atoms with Crippen LogP contribution >= 0.6 is 0 Å². The first-order valence-electron chi connectivity index (χ1n) is 10.1. The van der Waals surface area contributed by atoms with Crippen LogP contribution in [0.15, 0.2) is 65.9 Å². The molecule has 3 rings (SSSR count). The summed E-state index contributed by atoms with van der Waals surface area (Å²) in [6.45, 7) is 10.3. The average molecular weight is 392 g/mol. The highest BCUT2D eigenvalue weighted by Gasteiger charge is 2.44. The van der Waals surface area contributed by atoms with Crippen molar-refractivity contribution in [3.63, 3.8) is 0 Å². The molecular weight excluding hydrogens is 362 g/mol. The molecule has 0 saturated carbocycles. The molecule has 4 heteroatoms. The number of carbonyl (C=O) groups is 2. The second kappa shape index (κ2) is 7.86. The van der Waals surface area contributed by atoms with Crippen LogP contribution in [0.3, 0.4) is 0 Å². The Hall–Kier alpha value is -2.88. The van der Waals surface area contributed by atoms with E-state index in [2.05, 4.69) is 20.8 Å². The zero-order valence-electron chi connectivity index (χ0n) is 17.8. The molecule has 0 bridgehead atoms. The van der Waals surface area contributed by atoms with E-state index in [4.69, 9.17) is 0 Å². The van der Waals surface area contributed by atoms with Crippen molar-refractivity contribution in [3.05, 3.63) is 77.1 Å². The molecule has 1 atom stereocenters. The molecule has 0 aliphatic carbocycles. The monoisotopic (exact) mass is 391 g/mol. The van der Waals surface area contributed by atoms with E-state index < -0.39 is 17.7 Å². The van der Waals surface area contributed by atoms with E-state index in [0.717, 1.165) is 11.1 Å². The lowest BCUT2D eigenvalue weighted by molar-refractivity contribution is -0.118. The van der Waals surface area contributed by atoms with Gasteiger partial charge in [0.05, 0.1) is 11.6 Å². The summed E-state index contributed by atoms with van der Waals surface area (Å²) in [6, 6.07) is 16.5. The average Bonchev–Trinajstić information content (AvgIpc) is 2.92. The third-order valence-corrected chi connectivity index (χ3v) is 5.23. The standard InChI is InChI=1S/C25H29NO3/c1-16(2)15-20(27)21-22(17-9-7-6-8-10-17)26(24(29)23(21)28)19-13-11-18(12-14-19)25(3,4)5/h6-14,16,22,28H,15H2,1-5H3. The summed E-state index contributed by atoms with van der Waals surface area (Å²) in [4.78, 5) is 27.5. The molecule has 1 N–H and O–H groups in total. The van der Waals surface area contributed by atoms with Crippen molar-refractivity contribution in [2.45, 2.75) is 52.5 Å².